The number of hydrogen-bond acceptors (Lipinski definition) is 5. The maximum absolute atomic E-state index is 8.54. The number of hydrogen-bond donors (Lipinski definition) is 2. The summed E-state index contributed by atoms with van der Waals surface area (Å²) in [6.07, 6.45) is 0. The van der Waals surface area contributed by atoms with Gasteiger partial charge in [-0.2, -0.15) is 0 Å². The zero-order valence-electron chi connectivity index (χ0n) is 11.3. The highest BCUT2D eigenvalue weighted by Crippen LogP contribution is 2.24. The van der Waals surface area contributed by atoms with Gasteiger partial charge in [-0.15, -0.1) is 12.4 Å². The van der Waals surface area contributed by atoms with Crippen molar-refractivity contribution in [2.45, 2.75) is 6.54 Å². The summed E-state index contributed by atoms with van der Waals surface area (Å²) >= 11 is 0. The standard InChI is InChI=1S/C13H21NO4.ClH/c1-16-12-4-3-11(13(9-12)17-2)10-14-5-7-18-8-6-15;/h3-4,9,14-15H,5-8,10H2,1-2H3;1H. The first kappa shape index (κ1) is 18.0. The van der Waals surface area contributed by atoms with Crippen LogP contribution in [0.4, 0.5) is 0 Å². The number of ether oxygens (including phenoxy) is 3. The molecule has 5 nitrogen and oxygen atoms in total. The van der Waals surface area contributed by atoms with E-state index in [2.05, 4.69) is 5.32 Å². The Bertz CT molecular complexity index is 349. The van der Waals surface area contributed by atoms with Crippen LogP contribution in [0.5, 0.6) is 11.5 Å². The highest BCUT2D eigenvalue weighted by atomic mass is 35.5. The minimum Gasteiger partial charge on any atom is -0.497 e. The zero-order chi connectivity index (χ0) is 13.2. The highest BCUT2D eigenvalue weighted by molar-refractivity contribution is 5.85. The Morgan fingerprint density at radius 3 is 2.58 bits per heavy atom. The molecule has 0 aliphatic rings. The van der Waals surface area contributed by atoms with Gasteiger partial charge in [-0.1, -0.05) is 6.07 Å². The highest BCUT2D eigenvalue weighted by Gasteiger charge is 2.04. The Labute approximate surface area is 120 Å². The van der Waals surface area contributed by atoms with Crippen molar-refractivity contribution in [1.29, 1.82) is 0 Å². The largest absolute Gasteiger partial charge is 0.497 e. The molecule has 110 valence electrons. The van der Waals surface area contributed by atoms with E-state index in [-0.39, 0.29) is 19.0 Å². The molecular weight excluding hydrogens is 270 g/mol. The van der Waals surface area contributed by atoms with Crippen molar-refractivity contribution in [3.05, 3.63) is 23.8 Å². The molecule has 1 aromatic rings. The third-order valence-corrected chi connectivity index (χ3v) is 2.47. The molecule has 0 fully saturated rings. The summed E-state index contributed by atoms with van der Waals surface area (Å²) in [6, 6.07) is 5.74. The lowest BCUT2D eigenvalue weighted by Crippen LogP contribution is -2.20. The third kappa shape index (κ3) is 6.63. The summed E-state index contributed by atoms with van der Waals surface area (Å²) in [7, 11) is 3.27. The number of rotatable bonds is 9. The van der Waals surface area contributed by atoms with Crippen LogP contribution in [0.15, 0.2) is 18.2 Å². The topological polar surface area (TPSA) is 60.0 Å². The Kier molecular flexibility index (Phi) is 10.3. The van der Waals surface area contributed by atoms with Gasteiger partial charge in [0.2, 0.25) is 0 Å². The number of aliphatic hydroxyl groups excluding tert-OH is 1. The van der Waals surface area contributed by atoms with Crippen LogP contribution in [0.2, 0.25) is 0 Å². The average molecular weight is 292 g/mol. The van der Waals surface area contributed by atoms with Gasteiger partial charge in [-0.3, -0.25) is 0 Å². The number of halogens is 1. The van der Waals surface area contributed by atoms with Crippen LogP contribution < -0.4 is 14.8 Å². The van der Waals surface area contributed by atoms with Crippen molar-refractivity contribution in [2.75, 3.05) is 40.6 Å². The summed E-state index contributed by atoms with van der Waals surface area (Å²) in [6.45, 7) is 2.46. The van der Waals surface area contributed by atoms with Gasteiger partial charge >= 0.3 is 0 Å². The molecule has 0 aromatic heterocycles. The Morgan fingerprint density at radius 1 is 1.16 bits per heavy atom. The lowest BCUT2D eigenvalue weighted by Gasteiger charge is -2.11. The first-order valence-electron chi connectivity index (χ1n) is 5.92. The lowest BCUT2D eigenvalue weighted by molar-refractivity contribution is 0.0938. The van der Waals surface area contributed by atoms with Gasteiger partial charge in [0.05, 0.1) is 34.0 Å². The normalized spacial score (nSPS) is 9.84. The van der Waals surface area contributed by atoms with Crippen LogP contribution in [-0.2, 0) is 11.3 Å². The quantitative estimate of drug-likeness (QED) is 0.670. The Balaban J connectivity index is 0.00000324. The molecule has 0 aliphatic carbocycles. The summed E-state index contributed by atoms with van der Waals surface area (Å²) < 4.78 is 15.6. The summed E-state index contributed by atoms with van der Waals surface area (Å²) in [5, 5.41) is 11.8. The fourth-order valence-electron chi connectivity index (χ4n) is 1.53. The minimum atomic E-state index is 0. The smallest absolute Gasteiger partial charge is 0.127 e. The first-order chi connectivity index (χ1) is 8.81. The Hall–Kier alpha value is -1.01. The molecule has 19 heavy (non-hydrogen) atoms. The maximum atomic E-state index is 8.54. The molecule has 0 saturated carbocycles. The van der Waals surface area contributed by atoms with Crippen LogP contribution in [0.3, 0.4) is 0 Å². The molecule has 0 saturated heterocycles. The minimum absolute atomic E-state index is 0. The second-order valence-electron chi connectivity index (χ2n) is 3.69. The fourth-order valence-corrected chi connectivity index (χ4v) is 1.53. The monoisotopic (exact) mass is 291 g/mol. The van der Waals surface area contributed by atoms with E-state index in [1.807, 2.05) is 18.2 Å². The molecule has 0 atom stereocenters. The SMILES string of the molecule is COc1ccc(CNCCOCCO)c(OC)c1.Cl. The summed E-state index contributed by atoms with van der Waals surface area (Å²) in [5.41, 5.74) is 1.07. The molecule has 1 aromatic carbocycles. The van der Waals surface area contributed by atoms with Gasteiger partial charge in [0.1, 0.15) is 11.5 Å². The molecule has 0 bridgehead atoms. The van der Waals surface area contributed by atoms with Crippen molar-refractivity contribution in [1.82, 2.24) is 5.32 Å². The van der Waals surface area contributed by atoms with E-state index >= 15 is 0 Å². The van der Waals surface area contributed by atoms with Gasteiger partial charge in [-0.05, 0) is 6.07 Å². The van der Waals surface area contributed by atoms with E-state index in [1.165, 1.54) is 0 Å². The summed E-state index contributed by atoms with van der Waals surface area (Å²) in [4.78, 5) is 0. The maximum Gasteiger partial charge on any atom is 0.127 e. The number of benzene rings is 1. The second-order valence-corrected chi connectivity index (χ2v) is 3.69. The van der Waals surface area contributed by atoms with Gasteiger partial charge < -0.3 is 24.6 Å². The van der Waals surface area contributed by atoms with Crippen LogP contribution in [-0.4, -0.2) is 45.7 Å². The first-order valence-corrected chi connectivity index (χ1v) is 5.92. The molecule has 6 heteroatoms. The zero-order valence-corrected chi connectivity index (χ0v) is 12.2. The van der Waals surface area contributed by atoms with E-state index in [0.29, 0.717) is 19.8 Å². The second kappa shape index (κ2) is 10.9. The molecule has 2 N–H and O–H groups in total. The van der Waals surface area contributed by atoms with Gasteiger partial charge in [0, 0.05) is 24.7 Å². The molecule has 0 unspecified atom stereocenters. The molecular formula is C13H22ClNO4. The van der Waals surface area contributed by atoms with E-state index < -0.39 is 0 Å². The van der Waals surface area contributed by atoms with Crippen molar-refractivity contribution < 1.29 is 19.3 Å². The molecule has 0 amide bonds. The van der Waals surface area contributed by atoms with Crippen molar-refractivity contribution in [3.8, 4) is 11.5 Å². The molecule has 0 aliphatic heterocycles. The van der Waals surface area contributed by atoms with Crippen LogP contribution in [0.25, 0.3) is 0 Å². The van der Waals surface area contributed by atoms with E-state index in [1.54, 1.807) is 14.2 Å². The van der Waals surface area contributed by atoms with E-state index in [9.17, 15) is 0 Å². The van der Waals surface area contributed by atoms with Gasteiger partial charge in [0.15, 0.2) is 0 Å². The molecule has 0 radical (unpaired) electrons. The Morgan fingerprint density at radius 2 is 1.95 bits per heavy atom. The number of methoxy groups -OCH3 is 2. The lowest BCUT2D eigenvalue weighted by atomic mass is 10.2. The van der Waals surface area contributed by atoms with Crippen molar-refractivity contribution in [3.63, 3.8) is 0 Å². The van der Waals surface area contributed by atoms with Crippen LogP contribution in [0.1, 0.15) is 5.56 Å². The van der Waals surface area contributed by atoms with E-state index in [4.69, 9.17) is 19.3 Å². The van der Waals surface area contributed by atoms with E-state index in [0.717, 1.165) is 23.6 Å². The van der Waals surface area contributed by atoms with Gasteiger partial charge in [0.25, 0.3) is 0 Å². The van der Waals surface area contributed by atoms with Gasteiger partial charge in [-0.25, -0.2) is 0 Å². The third-order valence-electron chi connectivity index (χ3n) is 2.47. The van der Waals surface area contributed by atoms with Crippen molar-refractivity contribution in [2.24, 2.45) is 0 Å². The van der Waals surface area contributed by atoms with Crippen LogP contribution in [0, 0.1) is 0 Å². The predicted molar refractivity (Wildman–Crippen MR) is 76.4 cm³/mol. The van der Waals surface area contributed by atoms with Crippen LogP contribution >= 0.6 is 12.4 Å². The molecule has 1 rings (SSSR count). The fraction of sp³-hybridized carbons (Fsp3) is 0.538. The molecule has 0 heterocycles. The predicted octanol–water partition coefficient (Wildman–Crippen LogP) is 1.22. The molecule has 0 spiro atoms. The van der Waals surface area contributed by atoms with Crippen molar-refractivity contribution >= 4 is 12.4 Å². The number of nitrogens with one attached hydrogen (secondary N) is 1. The number of aliphatic hydroxyl groups is 1. The summed E-state index contributed by atoms with van der Waals surface area (Å²) in [5.74, 6) is 1.58. The average Bonchev–Trinajstić information content (AvgIpc) is 2.42.